The molecule has 5 nitrogen and oxygen atoms in total. The molecule has 22 heavy (non-hydrogen) atoms. The van der Waals surface area contributed by atoms with E-state index in [2.05, 4.69) is 22.2 Å². The van der Waals surface area contributed by atoms with Crippen LogP contribution in [-0.2, 0) is 17.6 Å². The van der Waals surface area contributed by atoms with Gasteiger partial charge in [0, 0.05) is 5.69 Å². The molecule has 0 amide bonds. The van der Waals surface area contributed by atoms with E-state index in [-0.39, 0.29) is 5.56 Å². The van der Waals surface area contributed by atoms with Crippen LogP contribution in [0.2, 0.25) is 5.02 Å². The molecule has 0 fully saturated rings. The van der Waals surface area contributed by atoms with Gasteiger partial charge in [0.15, 0.2) is 5.65 Å². The Bertz CT molecular complexity index is 815. The van der Waals surface area contributed by atoms with Crippen LogP contribution >= 0.6 is 11.6 Å². The Balaban J connectivity index is 1.98. The normalized spacial score (nSPS) is 10.8. The maximum atomic E-state index is 11.8. The second-order valence-electron chi connectivity index (χ2n) is 4.83. The molecule has 0 saturated heterocycles. The highest BCUT2D eigenvalue weighted by Crippen LogP contribution is 2.23. The lowest BCUT2D eigenvalue weighted by molar-refractivity contribution is 0.0602. The van der Waals surface area contributed by atoms with Gasteiger partial charge >= 0.3 is 5.97 Å². The van der Waals surface area contributed by atoms with E-state index in [0.29, 0.717) is 10.7 Å². The number of carbonyl (C=O) groups is 1. The Morgan fingerprint density at radius 2 is 2.05 bits per heavy atom. The number of rotatable bonds is 4. The highest BCUT2D eigenvalue weighted by molar-refractivity contribution is 6.34. The van der Waals surface area contributed by atoms with Crippen LogP contribution in [0, 0.1) is 0 Å². The number of methoxy groups -OCH3 is 1. The van der Waals surface area contributed by atoms with Gasteiger partial charge < -0.3 is 4.74 Å². The van der Waals surface area contributed by atoms with Crippen LogP contribution in [0.3, 0.4) is 0 Å². The minimum Gasteiger partial charge on any atom is -0.465 e. The van der Waals surface area contributed by atoms with Gasteiger partial charge in [0.25, 0.3) is 0 Å². The number of aromatic nitrogens is 3. The Morgan fingerprint density at radius 1 is 1.27 bits per heavy atom. The molecular weight excluding hydrogens is 302 g/mol. The summed E-state index contributed by atoms with van der Waals surface area (Å²) >= 11 is 6.24. The van der Waals surface area contributed by atoms with E-state index in [1.807, 2.05) is 18.2 Å². The number of pyridine rings is 1. The van der Waals surface area contributed by atoms with Crippen molar-refractivity contribution in [2.75, 3.05) is 7.11 Å². The zero-order valence-corrected chi connectivity index (χ0v) is 12.7. The number of fused-ring (bicyclic) bond motifs is 1. The van der Waals surface area contributed by atoms with Gasteiger partial charge in [-0.1, -0.05) is 41.9 Å². The molecule has 3 aromatic rings. The van der Waals surface area contributed by atoms with Gasteiger partial charge in [-0.2, -0.15) is 5.10 Å². The van der Waals surface area contributed by atoms with Crippen molar-refractivity contribution in [3.05, 3.63) is 64.6 Å². The zero-order valence-electron chi connectivity index (χ0n) is 12.0. The first-order chi connectivity index (χ1) is 10.7. The molecule has 0 saturated carbocycles. The van der Waals surface area contributed by atoms with Gasteiger partial charge in [0.05, 0.1) is 12.1 Å². The number of aryl methyl sites for hydroxylation is 2. The van der Waals surface area contributed by atoms with Gasteiger partial charge in [-0.3, -0.25) is 0 Å². The van der Waals surface area contributed by atoms with Gasteiger partial charge in [0.2, 0.25) is 0 Å². The number of hydrogen-bond acceptors (Lipinski definition) is 4. The Labute approximate surface area is 132 Å². The third-order valence-electron chi connectivity index (χ3n) is 3.48. The molecular formula is C16H14ClN3O2. The van der Waals surface area contributed by atoms with Crippen LogP contribution in [0.15, 0.2) is 42.7 Å². The highest BCUT2D eigenvalue weighted by atomic mass is 35.5. The summed E-state index contributed by atoms with van der Waals surface area (Å²) in [4.78, 5) is 16.0. The van der Waals surface area contributed by atoms with Crippen molar-refractivity contribution < 1.29 is 9.53 Å². The van der Waals surface area contributed by atoms with E-state index in [4.69, 9.17) is 16.3 Å². The monoisotopic (exact) mass is 315 g/mol. The summed E-state index contributed by atoms with van der Waals surface area (Å²) in [6, 6.07) is 11.9. The predicted octanol–water partition coefficient (Wildman–Crippen LogP) is 2.95. The van der Waals surface area contributed by atoms with Crippen molar-refractivity contribution >= 4 is 23.2 Å². The lowest BCUT2D eigenvalue weighted by Crippen LogP contribution is -2.09. The first-order valence-electron chi connectivity index (χ1n) is 6.84. The van der Waals surface area contributed by atoms with E-state index in [1.54, 1.807) is 10.6 Å². The molecule has 6 heteroatoms. The fourth-order valence-corrected chi connectivity index (χ4v) is 2.68. The molecule has 3 rings (SSSR count). The van der Waals surface area contributed by atoms with Crippen LogP contribution in [0.1, 0.15) is 21.6 Å². The van der Waals surface area contributed by atoms with E-state index < -0.39 is 5.97 Å². The average Bonchev–Trinajstić information content (AvgIpc) is 3.02. The second kappa shape index (κ2) is 6.15. The smallest absolute Gasteiger partial charge is 0.343 e. The summed E-state index contributed by atoms with van der Waals surface area (Å²) < 4.78 is 6.40. The van der Waals surface area contributed by atoms with E-state index >= 15 is 0 Å². The largest absolute Gasteiger partial charge is 0.465 e. The molecule has 2 heterocycles. The summed E-state index contributed by atoms with van der Waals surface area (Å²) in [5, 5.41) is 4.52. The van der Waals surface area contributed by atoms with Crippen molar-refractivity contribution in [1.82, 2.24) is 14.6 Å². The van der Waals surface area contributed by atoms with Crippen LogP contribution in [-0.4, -0.2) is 27.7 Å². The number of ether oxygens (including phenoxy) is 1. The lowest BCUT2D eigenvalue weighted by Gasteiger charge is -2.09. The van der Waals surface area contributed by atoms with E-state index in [1.165, 1.54) is 19.0 Å². The number of benzene rings is 1. The van der Waals surface area contributed by atoms with Crippen LogP contribution in [0.5, 0.6) is 0 Å². The minimum atomic E-state index is -0.516. The first-order valence-corrected chi connectivity index (χ1v) is 7.22. The number of carbonyl (C=O) groups excluding carboxylic acids is 1. The van der Waals surface area contributed by atoms with Crippen LogP contribution < -0.4 is 0 Å². The highest BCUT2D eigenvalue weighted by Gasteiger charge is 2.19. The van der Waals surface area contributed by atoms with Crippen molar-refractivity contribution in [2.24, 2.45) is 0 Å². The predicted molar refractivity (Wildman–Crippen MR) is 83.2 cm³/mol. The lowest BCUT2D eigenvalue weighted by atomic mass is 10.1. The van der Waals surface area contributed by atoms with E-state index in [0.717, 1.165) is 18.5 Å². The van der Waals surface area contributed by atoms with Gasteiger partial charge in [-0.15, -0.1) is 0 Å². The average molecular weight is 316 g/mol. The maximum absolute atomic E-state index is 11.8. The van der Waals surface area contributed by atoms with Crippen molar-refractivity contribution in [2.45, 2.75) is 12.8 Å². The van der Waals surface area contributed by atoms with Gasteiger partial charge in [0.1, 0.15) is 11.9 Å². The fourth-order valence-electron chi connectivity index (χ4n) is 2.39. The van der Waals surface area contributed by atoms with Gasteiger partial charge in [-0.05, 0) is 24.5 Å². The fraction of sp³-hybridized carbons (Fsp3) is 0.188. The molecule has 2 aromatic heterocycles. The number of halogens is 1. The Hall–Kier alpha value is -2.40. The molecule has 0 bridgehead atoms. The molecule has 0 spiro atoms. The Kier molecular flexibility index (Phi) is 4.06. The molecule has 0 aliphatic carbocycles. The number of nitrogens with zero attached hydrogens (tertiary/aromatic N) is 3. The standard InChI is InChI=1S/C16H14ClN3O2/c1-22-16(21)14-13(17)9-12(20-15(14)18-10-19-20)8-7-11-5-3-2-4-6-11/h2-6,9-10H,7-8H2,1H3. The molecule has 0 unspecified atom stereocenters. The maximum Gasteiger partial charge on any atom is 0.343 e. The minimum absolute atomic E-state index is 0.241. The summed E-state index contributed by atoms with van der Waals surface area (Å²) in [6.45, 7) is 0. The summed E-state index contributed by atoms with van der Waals surface area (Å²) in [5.74, 6) is -0.516. The van der Waals surface area contributed by atoms with Crippen LogP contribution in [0.4, 0.5) is 0 Å². The number of hydrogen-bond donors (Lipinski definition) is 0. The van der Waals surface area contributed by atoms with Gasteiger partial charge in [-0.25, -0.2) is 14.3 Å². The molecule has 0 N–H and O–H groups in total. The molecule has 0 atom stereocenters. The quantitative estimate of drug-likeness (QED) is 0.695. The number of esters is 1. The summed E-state index contributed by atoms with van der Waals surface area (Å²) in [5.41, 5.74) is 2.78. The molecule has 112 valence electrons. The zero-order chi connectivity index (χ0) is 15.5. The third-order valence-corrected chi connectivity index (χ3v) is 3.78. The Morgan fingerprint density at radius 3 is 2.77 bits per heavy atom. The first kappa shape index (κ1) is 14.5. The SMILES string of the molecule is COC(=O)c1c(Cl)cc(CCc2ccccc2)n2ncnc12. The molecule has 0 aliphatic rings. The summed E-state index contributed by atoms with van der Waals surface area (Å²) in [6.07, 6.45) is 3.00. The molecule has 0 radical (unpaired) electrons. The molecule has 1 aromatic carbocycles. The second-order valence-corrected chi connectivity index (χ2v) is 5.24. The van der Waals surface area contributed by atoms with Crippen LogP contribution in [0.25, 0.3) is 5.65 Å². The van der Waals surface area contributed by atoms with E-state index in [9.17, 15) is 4.79 Å². The topological polar surface area (TPSA) is 56.5 Å². The van der Waals surface area contributed by atoms with Crippen molar-refractivity contribution in [3.8, 4) is 0 Å². The third kappa shape index (κ3) is 2.67. The molecule has 0 aliphatic heterocycles. The van der Waals surface area contributed by atoms with Crippen molar-refractivity contribution in [3.63, 3.8) is 0 Å². The van der Waals surface area contributed by atoms with Crippen molar-refractivity contribution in [1.29, 1.82) is 0 Å². The summed E-state index contributed by atoms with van der Waals surface area (Å²) in [7, 11) is 1.31.